The number of hydrogen-bond donors (Lipinski definition) is 1. The summed E-state index contributed by atoms with van der Waals surface area (Å²) >= 11 is 1.38. The number of aryl methyl sites for hydroxylation is 1. The maximum atomic E-state index is 12.5. The van der Waals surface area contributed by atoms with Crippen LogP contribution in [0.1, 0.15) is 24.5 Å². The van der Waals surface area contributed by atoms with Crippen LogP contribution in [0.3, 0.4) is 0 Å². The number of nitriles is 1. The van der Waals surface area contributed by atoms with Crippen LogP contribution in [0.4, 0.5) is 5.13 Å². The molecule has 0 atom stereocenters. The third-order valence-corrected chi connectivity index (χ3v) is 4.74. The molecule has 27 heavy (non-hydrogen) atoms. The van der Waals surface area contributed by atoms with Crippen LogP contribution in [0.25, 0.3) is 16.3 Å². The third kappa shape index (κ3) is 4.52. The van der Waals surface area contributed by atoms with E-state index in [2.05, 4.69) is 10.3 Å². The van der Waals surface area contributed by atoms with Crippen molar-refractivity contribution in [2.45, 2.75) is 20.3 Å². The van der Waals surface area contributed by atoms with Crippen molar-refractivity contribution in [2.24, 2.45) is 0 Å². The number of nitrogens with zero attached hydrogens (tertiary/aromatic N) is 2. The molecule has 1 amide bonds. The lowest BCUT2D eigenvalue weighted by molar-refractivity contribution is -0.112. The highest BCUT2D eigenvalue weighted by Gasteiger charge is 2.14. The van der Waals surface area contributed by atoms with Gasteiger partial charge in [0.25, 0.3) is 5.91 Å². The quantitative estimate of drug-likeness (QED) is 0.488. The average molecular weight is 377 g/mol. The zero-order valence-corrected chi connectivity index (χ0v) is 16.0. The molecule has 0 radical (unpaired) electrons. The van der Waals surface area contributed by atoms with Gasteiger partial charge in [-0.1, -0.05) is 42.5 Å². The number of rotatable bonds is 6. The Hall–Kier alpha value is -3.17. The first-order valence-electron chi connectivity index (χ1n) is 8.63. The molecule has 136 valence electrons. The molecule has 0 fully saturated rings. The van der Waals surface area contributed by atoms with Crippen LogP contribution >= 0.6 is 11.3 Å². The first-order valence-corrected chi connectivity index (χ1v) is 9.44. The summed E-state index contributed by atoms with van der Waals surface area (Å²) in [6.07, 6.45) is 2.42. The molecule has 0 aliphatic heterocycles. The van der Waals surface area contributed by atoms with Crippen LogP contribution in [0.15, 0.2) is 48.0 Å². The van der Waals surface area contributed by atoms with Gasteiger partial charge in [0, 0.05) is 5.56 Å². The van der Waals surface area contributed by atoms with Crippen LogP contribution in [0.2, 0.25) is 0 Å². The highest BCUT2D eigenvalue weighted by molar-refractivity contribution is 7.22. The second-order valence-corrected chi connectivity index (χ2v) is 7.03. The Labute approximate surface area is 161 Å². The van der Waals surface area contributed by atoms with Crippen LogP contribution in [0.5, 0.6) is 5.75 Å². The number of para-hydroxylation sites is 1. The van der Waals surface area contributed by atoms with E-state index in [0.29, 0.717) is 23.1 Å². The average Bonchev–Trinajstić information content (AvgIpc) is 3.06. The Morgan fingerprint density at radius 1 is 1.33 bits per heavy atom. The summed E-state index contributed by atoms with van der Waals surface area (Å²) in [6.45, 7) is 4.60. The number of nitrogens with one attached hydrogen (secondary N) is 1. The van der Waals surface area contributed by atoms with Crippen molar-refractivity contribution < 1.29 is 9.53 Å². The van der Waals surface area contributed by atoms with Gasteiger partial charge in [-0.2, -0.15) is 5.26 Å². The van der Waals surface area contributed by atoms with Gasteiger partial charge in [0.2, 0.25) is 0 Å². The number of anilines is 1. The van der Waals surface area contributed by atoms with Gasteiger partial charge in [0.1, 0.15) is 17.4 Å². The topological polar surface area (TPSA) is 75.0 Å². The molecule has 3 rings (SSSR count). The summed E-state index contributed by atoms with van der Waals surface area (Å²) < 4.78 is 6.68. The lowest BCUT2D eigenvalue weighted by Crippen LogP contribution is -2.13. The SMILES string of the molecule is CCCOc1ccccc1/C=C(\C#N)C(=O)Nc1nc2ccc(C)cc2s1. The van der Waals surface area contributed by atoms with E-state index in [9.17, 15) is 10.1 Å². The molecule has 1 N–H and O–H groups in total. The fourth-order valence-electron chi connectivity index (χ4n) is 2.50. The third-order valence-electron chi connectivity index (χ3n) is 3.81. The lowest BCUT2D eigenvalue weighted by atomic mass is 10.1. The number of amides is 1. The first-order chi connectivity index (χ1) is 13.1. The van der Waals surface area contributed by atoms with Crippen LogP contribution in [-0.4, -0.2) is 17.5 Å². The number of hydrogen-bond acceptors (Lipinski definition) is 5. The molecule has 5 nitrogen and oxygen atoms in total. The van der Waals surface area contributed by atoms with Gasteiger partial charge in [0.05, 0.1) is 16.8 Å². The number of carbonyl (C=O) groups excluding carboxylic acids is 1. The maximum absolute atomic E-state index is 12.5. The molecule has 0 unspecified atom stereocenters. The minimum absolute atomic E-state index is 0.00187. The molecule has 1 heterocycles. The second-order valence-electron chi connectivity index (χ2n) is 6.00. The molecular weight excluding hydrogens is 358 g/mol. The van der Waals surface area contributed by atoms with Gasteiger partial charge < -0.3 is 4.74 Å². The fourth-order valence-corrected chi connectivity index (χ4v) is 3.46. The summed E-state index contributed by atoms with van der Waals surface area (Å²) in [4.78, 5) is 16.9. The number of thiazole rings is 1. The molecule has 0 bridgehead atoms. The normalized spacial score (nSPS) is 11.2. The van der Waals surface area contributed by atoms with Gasteiger partial charge in [0.15, 0.2) is 5.13 Å². The van der Waals surface area contributed by atoms with Gasteiger partial charge in [-0.3, -0.25) is 10.1 Å². The van der Waals surface area contributed by atoms with Crippen molar-refractivity contribution in [3.63, 3.8) is 0 Å². The zero-order chi connectivity index (χ0) is 19.2. The van der Waals surface area contributed by atoms with Crippen LogP contribution < -0.4 is 10.1 Å². The molecule has 0 saturated carbocycles. The van der Waals surface area contributed by atoms with Gasteiger partial charge >= 0.3 is 0 Å². The van der Waals surface area contributed by atoms with E-state index >= 15 is 0 Å². The highest BCUT2D eigenvalue weighted by Crippen LogP contribution is 2.27. The second kappa shape index (κ2) is 8.47. The maximum Gasteiger partial charge on any atom is 0.268 e. The van der Waals surface area contributed by atoms with Crippen molar-refractivity contribution in [1.29, 1.82) is 5.26 Å². The van der Waals surface area contributed by atoms with E-state index < -0.39 is 5.91 Å². The Morgan fingerprint density at radius 2 is 2.15 bits per heavy atom. The zero-order valence-electron chi connectivity index (χ0n) is 15.2. The molecule has 0 aliphatic carbocycles. The number of carbonyl (C=O) groups is 1. The van der Waals surface area contributed by atoms with E-state index in [1.807, 2.05) is 62.4 Å². The first kappa shape index (κ1) is 18.6. The fraction of sp³-hybridized carbons (Fsp3) is 0.190. The van der Waals surface area contributed by atoms with Gasteiger partial charge in [-0.25, -0.2) is 4.98 Å². The molecule has 0 aliphatic rings. The Kier molecular flexibility index (Phi) is 5.84. The molecule has 0 saturated heterocycles. The lowest BCUT2D eigenvalue weighted by Gasteiger charge is -2.08. The summed E-state index contributed by atoms with van der Waals surface area (Å²) in [7, 11) is 0. The molecule has 0 spiro atoms. The van der Waals surface area contributed by atoms with E-state index in [0.717, 1.165) is 22.2 Å². The summed E-state index contributed by atoms with van der Waals surface area (Å²) in [5, 5.41) is 12.6. The minimum Gasteiger partial charge on any atom is -0.493 e. The van der Waals surface area contributed by atoms with Crippen molar-refractivity contribution in [3.8, 4) is 11.8 Å². The van der Waals surface area contributed by atoms with E-state index in [1.165, 1.54) is 17.4 Å². The monoisotopic (exact) mass is 377 g/mol. The summed E-state index contributed by atoms with van der Waals surface area (Å²) in [5.41, 5.74) is 2.64. The van der Waals surface area contributed by atoms with Crippen LogP contribution in [0, 0.1) is 18.3 Å². The number of fused-ring (bicyclic) bond motifs is 1. The molecule has 1 aromatic heterocycles. The largest absolute Gasteiger partial charge is 0.493 e. The molecule has 3 aromatic rings. The Balaban J connectivity index is 1.83. The smallest absolute Gasteiger partial charge is 0.268 e. The van der Waals surface area contributed by atoms with Gasteiger partial charge in [-0.15, -0.1) is 0 Å². The highest BCUT2D eigenvalue weighted by atomic mass is 32.1. The predicted octanol–water partition coefficient (Wildman–Crippen LogP) is 4.94. The standard InChI is InChI=1S/C21H19N3O2S/c1-3-10-26-18-7-5-4-6-15(18)12-16(13-22)20(25)24-21-23-17-9-8-14(2)11-19(17)27-21/h4-9,11-12H,3,10H2,1-2H3,(H,23,24,25)/b16-12+. The van der Waals surface area contributed by atoms with Gasteiger partial charge in [-0.05, 0) is 43.2 Å². The number of aromatic nitrogens is 1. The van der Waals surface area contributed by atoms with Crippen molar-refractivity contribution in [3.05, 3.63) is 59.2 Å². The molecular formula is C21H19N3O2S. The minimum atomic E-state index is -0.487. The van der Waals surface area contributed by atoms with E-state index in [4.69, 9.17) is 4.74 Å². The number of ether oxygens (including phenoxy) is 1. The van der Waals surface area contributed by atoms with Crippen LogP contribution in [-0.2, 0) is 4.79 Å². The Morgan fingerprint density at radius 3 is 2.93 bits per heavy atom. The van der Waals surface area contributed by atoms with Crippen molar-refractivity contribution >= 4 is 38.7 Å². The Bertz CT molecular complexity index is 1050. The molecule has 2 aromatic carbocycles. The number of benzene rings is 2. The van der Waals surface area contributed by atoms with Crippen molar-refractivity contribution in [2.75, 3.05) is 11.9 Å². The summed E-state index contributed by atoms with van der Waals surface area (Å²) in [5.74, 6) is 0.161. The predicted molar refractivity (Wildman–Crippen MR) is 109 cm³/mol. The summed E-state index contributed by atoms with van der Waals surface area (Å²) in [6, 6.07) is 15.2. The molecule has 6 heteroatoms. The van der Waals surface area contributed by atoms with E-state index in [-0.39, 0.29) is 5.57 Å². The van der Waals surface area contributed by atoms with E-state index in [1.54, 1.807) is 0 Å². The van der Waals surface area contributed by atoms with Crippen molar-refractivity contribution in [1.82, 2.24) is 4.98 Å².